The highest BCUT2D eigenvalue weighted by Crippen LogP contribution is 2.23. The van der Waals surface area contributed by atoms with Crippen LogP contribution in [0.25, 0.3) is 0 Å². The molecule has 0 saturated heterocycles. The lowest BCUT2D eigenvalue weighted by molar-refractivity contribution is -0.136. The Morgan fingerprint density at radius 3 is 2.50 bits per heavy atom. The van der Waals surface area contributed by atoms with Gasteiger partial charge in [-0.05, 0) is 30.2 Å². The van der Waals surface area contributed by atoms with Crippen molar-refractivity contribution in [2.75, 3.05) is 20.8 Å². The van der Waals surface area contributed by atoms with E-state index < -0.39 is 11.7 Å². The van der Waals surface area contributed by atoms with Gasteiger partial charge in [-0.15, -0.1) is 0 Å². The predicted octanol–water partition coefficient (Wildman–Crippen LogP) is 0.951. The SMILES string of the molecule is COc1ccc(OC)c(CCNC(=O)C(C)=O)c1. The summed E-state index contributed by atoms with van der Waals surface area (Å²) < 4.78 is 10.3. The lowest BCUT2D eigenvalue weighted by Gasteiger charge is -2.10. The first-order valence-corrected chi connectivity index (χ1v) is 5.58. The van der Waals surface area contributed by atoms with E-state index in [2.05, 4.69) is 5.32 Å². The van der Waals surface area contributed by atoms with Gasteiger partial charge >= 0.3 is 0 Å². The van der Waals surface area contributed by atoms with E-state index in [0.29, 0.717) is 13.0 Å². The molecule has 1 amide bonds. The third-order valence-electron chi connectivity index (χ3n) is 2.49. The Bertz CT molecular complexity index is 443. The van der Waals surface area contributed by atoms with Gasteiger partial charge in [-0.3, -0.25) is 9.59 Å². The van der Waals surface area contributed by atoms with Gasteiger partial charge in [0.15, 0.2) is 0 Å². The molecule has 1 aromatic carbocycles. The normalized spacial score (nSPS) is 9.72. The molecule has 0 radical (unpaired) electrons. The van der Waals surface area contributed by atoms with Crippen molar-refractivity contribution in [3.05, 3.63) is 23.8 Å². The molecule has 0 aliphatic rings. The molecular formula is C13H17NO4. The van der Waals surface area contributed by atoms with Gasteiger partial charge in [-0.1, -0.05) is 0 Å². The van der Waals surface area contributed by atoms with Crippen LogP contribution in [0.5, 0.6) is 11.5 Å². The molecule has 18 heavy (non-hydrogen) atoms. The zero-order valence-electron chi connectivity index (χ0n) is 10.8. The summed E-state index contributed by atoms with van der Waals surface area (Å²) in [6, 6.07) is 5.45. The van der Waals surface area contributed by atoms with E-state index >= 15 is 0 Å². The quantitative estimate of drug-likeness (QED) is 0.765. The molecule has 0 aromatic heterocycles. The smallest absolute Gasteiger partial charge is 0.287 e. The van der Waals surface area contributed by atoms with Gasteiger partial charge in [0.25, 0.3) is 5.91 Å². The van der Waals surface area contributed by atoms with Crippen molar-refractivity contribution in [3.63, 3.8) is 0 Å². The molecule has 0 heterocycles. The van der Waals surface area contributed by atoms with Crippen LogP contribution in [-0.2, 0) is 16.0 Å². The molecule has 0 atom stereocenters. The van der Waals surface area contributed by atoms with Crippen LogP contribution in [0, 0.1) is 0 Å². The average Bonchev–Trinajstić information content (AvgIpc) is 2.38. The Balaban J connectivity index is 2.65. The van der Waals surface area contributed by atoms with Gasteiger partial charge in [-0.2, -0.15) is 0 Å². The van der Waals surface area contributed by atoms with Crippen LogP contribution < -0.4 is 14.8 Å². The summed E-state index contributed by atoms with van der Waals surface area (Å²) in [5.74, 6) is 0.390. The number of hydrogen-bond acceptors (Lipinski definition) is 4. The van der Waals surface area contributed by atoms with Crippen LogP contribution in [0.3, 0.4) is 0 Å². The molecule has 0 unspecified atom stereocenters. The van der Waals surface area contributed by atoms with Gasteiger partial charge in [0.05, 0.1) is 14.2 Å². The van der Waals surface area contributed by atoms with Gasteiger partial charge < -0.3 is 14.8 Å². The van der Waals surface area contributed by atoms with E-state index in [4.69, 9.17) is 9.47 Å². The van der Waals surface area contributed by atoms with Crippen LogP contribution in [0.4, 0.5) is 0 Å². The Morgan fingerprint density at radius 2 is 1.94 bits per heavy atom. The highest BCUT2D eigenvalue weighted by Gasteiger charge is 2.08. The fourth-order valence-corrected chi connectivity index (χ4v) is 1.51. The zero-order chi connectivity index (χ0) is 13.5. The number of benzene rings is 1. The number of carbonyl (C=O) groups excluding carboxylic acids is 2. The van der Waals surface area contributed by atoms with Crippen molar-refractivity contribution in [1.29, 1.82) is 0 Å². The number of carbonyl (C=O) groups is 2. The van der Waals surface area contributed by atoms with Crippen molar-refractivity contribution in [2.45, 2.75) is 13.3 Å². The van der Waals surface area contributed by atoms with Gasteiger partial charge in [-0.25, -0.2) is 0 Å². The molecule has 0 aliphatic carbocycles. The van der Waals surface area contributed by atoms with Crippen molar-refractivity contribution >= 4 is 11.7 Å². The Labute approximate surface area is 106 Å². The lowest BCUT2D eigenvalue weighted by Crippen LogP contribution is -2.30. The highest BCUT2D eigenvalue weighted by molar-refractivity contribution is 6.35. The summed E-state index contributed by atoms with van der Waals surface area (Å²) >= 11 is 0. The number of ether oxygens (including phenoxy) is 2. The molecule has 0 saturated carbocycles. The van der Waals surface area contributed by atoms with Crippen molar-refractivity contribution in [1.82, 2.24) is 5.32 Å². The maximum absolute atomic E-state index is 11.1. The van der Waals surface area contributed by atoms with Gasteiger partial charge in [0.2, 0.25) is 5.78 Å². The summed E-state index contributed by atoms with van der Waals surface area (Å²) in [4.78, 5) is 21.8. The number of rotatable bonds is 6. The molecule has 0 fully saturated rings. The molecule has 1 rings (SSSR count). The number of hydrogen-bond donors (Lipinski definition) is 1. The fraction of sp³-hybridized carbons (Fsp3) is 0.385. The molecule has 1 N–H and O–H groups in total. The van der Waals surface area contributed by atoms with Crippen LogP contribution in [-0.4, -0.2) is 32.5 Å². The minimum atomic E-state index is -0.572. The highest BCUT2D eigenvalue weighted by atomic mass is 16.5. The summed E-state index contributed by atoms with van der Waals surface area (Å²) in [6.45, 7) is 1.61. The van der Waals surface area contributed by atoms with E-state index in [9.17, 15) is 9.59 Å². The lowest BCUT2D eigenvalue weighted by atomic mass is 10.1. The average molecular weight is 251 g/mol. The Kier molecular flexibility index (Phi) is 5.17. The summed E-state index contributed by atoms with van der Waals surface area (Å²) in [6.07, 6.45) is 0.569. The van der Waals surface area contributed by atoms with E-state index in [-0.39, 0.29) is 0 Å². The molecule has 5 heteroatoms. The number of ketones is 1. The monoisotopic (exact) mass is 251 g/mol. The van der Waals surface area contributed by atoms with E-state index in [1.165, 1.54) is 6.92 Å². The van der Waals surface area contributed by atoms with Gasteiger partial charge in [0.1, 0.15) is 11.5 Å². The van der Waals surface area contributed by atoms with Crippen LogP contribution >= 0.6 is 0 Å². The minimum Gasteiger partial charge on any atom is -0.497 e. The predicted molar refractivity (Wildman–Crippen MR) is 66.9 cm³/mol. The fourth-order valence-electron chi connectivity index (χ4n) is 1.51. The molecule has 0 aliphatic heterocycles. The minimum absolute atomic E-state index is 0.377. The topological polar surface area (TPSA) is 64.6 Å². The first-order valence-electron chi connectivity index (χ1n) is 5.58. The first-order chi connectivity index (χ1) is 8.58. The standard InChI is InChI=1S/C13H17NO4/c1-9(15)13(16)14-7-6-10-8-11(17-2)4-5-12(10)18-3/h4-5,8H,6-7H2,1-3H3,(H,14,16). The van der Waals surface area contributed by atoms with Crippen molar-refractivity contribution in [2.24, 2.45) is 0 Å². The third-order valence-corrected chi connectivity index (χ3v) is 2.49. The second-order valence-corrected chi connectivity index (χ2v) is 3.74. The second kappa shape index (κ2) is 6.64. The summed E-state index contributed by atoms with van der Waals surface area (Å²) in [5, 5.41) is 2.53. The van der Waals surface area contributed by atoms with Crippen molar-refractivity contribution in [3.8, 4) is 11.5 Å². The molecule has 98 valence electrons. The van der Waals surface area contributed by atoms with Crippen molar-refractivity contribution < 1.29 is 19.1 Å². The second-order valence-electron chi connectivity index (χ2n) is 3.74. The number of amides is 1. The molecule has 1 aromatic rings. The van der Waals surface area contributed by atoms with Gasteiger partial charge in [0, 0.05) is 13.5 Å². The van der Waals surface area contributed by atoms with Crippen LogP contribution in [0.15, 0.2) is 18.2 Å². The van der Waals surface area contributed by atoms with Crippen LogP contribution in [0.1, 0.15) is 12.5 Å². The van der Waals surface area contributed by atoms with E-state index in [1.807, 2.05) is 6.07 Å². The molecular weight excluding hydrogens is 234 g/mol. The maximum atomic E-state index is 11.1. The summed E-state index contributed by atoms with van der Waals surface area (Å²) in [5.41, 5.74) is 0.917. The van der Waals surface area contributed by atoms with E-state index in [0.717, 1.165) is 17.1 Å². The Morgan fingerprint density at radius 1 is 1.22 bits per heavy atom. The summed E-state index contributed by atoms with van der Waals surface area (Å²) in [7, 11) is 3.17. The third kappa shape index (κ3) is 3.76. The molecule has 0 bridgehead atoms. The number of methoxy groups -OCH3 is 2. The largest absolute Gasteiger partial charge is 0.497 e. The Hall–Kier alpha value is -2.04. The first kappa shape index (κ1) is 14.0. The van der Waals surface area contributed by atoms with E-state index in [1.54, 1.807) is 26.4 Å². The molecule has 5 nitrogen and oxygen atoms in total. The zero-order valence-corrected chi connectivity index (χ0v) is 10.8. The van der Waals surface area contributed by atoms with Crippen LogP contribution in [0.2, 0.25) is 0 Å². The molecule has 0 spiro atoms. The maximum Gasteiger partial charge on any atom is 0.287 e. The number of nitrogens with one attached hydrogen (secondary N) is 1. The number of Topliss-reactive ketones (excluding diaryl/α,β-unsaturated/α-hetero) is 1.